The highest BCUT2D eigenvalue weighted by molar-refractivity contribution is 7.22. The summed E-state index contributed by atoms with van der Waals surface area (Å²) in [5.74, 6) is -0.730. The van der Waals surface area contributed by atoms with Crippen LogP contribution in [0.3, 0.4) is 0 Å². The standard InChI is InChI=1S/C19H19FN4O3S2/c1-22(2)11-4-12-23(19-21-18-14(20)5-3-6-15(18)29-19)16(25)9-7-13-8-10-17(28-13)24(26)27/h3,5-10H,4,11-12H2,1-2H3/b9-7+. The highest BCUT2D eigenvalue weighted by Gasteiger charge is 2.19. The number of amides is 1. The molecule has 0 radical (unpaired) electrons. The maximum absolute atomic E-state index is 14.0. The van der Waals surface area contributed by atoms with E-state index in [0.717, 1.165) is 24.3 Å². The normalized spacial score (nSPS) is 11.6. The van der Waals surface area contributed by atoms with Gasteiger partial charge in [-0.05, 0) is 51.3 Å². The minimum absolute atomic E-state index is 0.0154. The first kappa shape index (κ1) is 21.0. The van der Waals surface area contributed by atoms with Gasteiger partial charge in [0.1, 0.15) is 11.3 Å². The van der Waals surface area contributed by atoms with E-state index in [9.17, 15) is 19.3 Å². The van der Waals surface area contributed by atoms with Crippen LogP contribution < -0.4 is 4.90 Å². The molecule has 2 heterocycles. The second-order valence-corrected chi connectivity index (χ2v) is 8.60. The van der Waals surface area contributed by atoms with Crippen LogP contribution >= 0.6 is 22.7 Å². The van der Waals surface area contributed by atoms with E-state index < -0.39 is 10.7 Å². The number of thiophene rings is 1. The molecule has 29 heavy (non-hydrogen) atoms. The Hall–Kier alpha value is -2.69. The highest BCUT2D eigenvalue weighted by Crippen LogP contribution is 2.31. The summed E-state index contributed by atoms with van der Waals surface area (Å²) >= 11 is 2.25. The maximum atomic E-state index is 14.0. The highest BCUT2D eigenvalue weighted by atomic mass is 32.1. The van der Waals surface area contributed by atoms with E-state index in [-0.39, 0.29) is 16.4 Å². The number of nitro groups is 1. The van der Waals surface area contributed by atoms with E-state index in [1.54, 1.807) is 24.3 Å². The monoisotopic (exact) mass is 434 g/mol. The number of anilines is 1. The summed E-state index contributed by atoms with van der Waals surface area (Å²) in [7, 11) is 3.89. The Labute approximate surface area is 174 Å². The summed E-state index contributed by atoms with van der Waals surface area (Å²) in [6, 6.07) is 7.72. The molecule has 1 amide bonds. The Morgan fingerprint density at radius 2 is 2.03 bits per heavy atom. The molecule has 0 aliphatic rings. The summed E-state index contributed by atoms with van der Waals surface area (Å²) in [5, 5.41) is 11.2. The van der Waals surface area contributed by atoms with Crippen molar-refractivity contribution < 1.29 is 14.1 Å². The number of thiazole rings is 1. The van der Waals surface area contributed by atoms with Gasteiger partial charge in [0, 0.05) is 23.6 Å². The first-order chi connectivity index (χ1) is 13.8. The fraction of sp³-hybridized carbons (Fsp3) is 0.263. The van der Waals surface area contributed by atoms with Gasteiger partial charge in [-0.3, -0.25) is 19.8 Å². The largest absolute Gasteiger partial charge is 0.324 e. The molecule has 0 aliphatic carbocycles. The van der Waals surface area contributed by atoms with Crippen LogP contribution in [0, 0.1) is 15.9 Å². The lowest BCUT2D eigenvalue weighted by Gasteiger charge is -2.19. The van der Waals surface area contributed by atoms with Gasteiger partial charge >= 0.3 is 5.00 Å². The Morgan fingerprint density at radius 1 is 1.24 bits per heavy atom. The van der Waals surface area contributed by atoms with Gasteiger partial charge in [-0.2, -0.15) is 0 Å². The molecule has 152 valence electrons. The first-order valence-electron chi connectivity index (χ1n) is 8.79. The number of hydrogen-bond donors (Lipinski definition) is 0. The van der Waals surface area contributed by atoms with Crippen molar-refractivity contribution in [2.45, 2.75) is 6.42 Å². The van der Waals surface area contributed by atoms with Gasteiger partial charge in [0.15, 0.2) is 5.13 Å². The number of carbonyl (C=O) groups excluding carboxylic acids is 1. The molecule has 0 bridgehead atoms. The fourth-order valence-electron chi connectivity index (χ4n) is 2.64. The average molecular weight is 435 g/mol. The van der Waals surface area contributed by atoms with E-state index in [2.05, 4.69) is 4.98 Å². The van der Waals surface area contributed by atoms with Crippen LogP contribution in [0.25, 0.3) is 16.3 Å². The van der Waals surface area contributed by atoms with E-state index >= 15 is 0 Å². The lowest BCUT2D eigenvalue weighted by atomic mass is 10.3. The summed E-state index contributed by atoms with van der Waals surface area (Å²) < 4.78 is 14.7. The van der Waals surface area contributed by atoms with Crippen molar-refractivity contribution in [1.82, 2.24) is 9.88 Å². The molecular formula is C19H19FN4O3S2. The van der Waals surface area contributed by atoms with Crippen molar-refractivity contribution in [1.29, 1.82) is 0 Å². The van der Waals surface area contributed by atoms with Gasteiger partial charge in [0.05, 0.1) is 9.62 Å². The third-order valence-corrected chi connectivity index (χ3v) is 6.07. The van der Waals surface area contributed by atoms with Crippen LogP contribution in [0.15, 0.2) is 36.4 Å². The number of halogens is 1. The van der Waals surface area contributed by atoms with Gasteiger partial charge in [-0.15, -0.1) is 0 Å². The summed E-state index contributed by atoms with van der Waals surface area (Å²) in [6.45, 7) is 1.21. The van der Waals surface area contributed by atoms with Gasteiger partial charge in [-0.1, -0.05) is 28.7 Å². The number of para-hydroxylation sites is 1. The molecule has 2 aromatic heterocycles. The molecule has 3 rings (SSSR count). The summed E-state index contributed by atoms with van der Waals surface area (Å²) in [4.78, 5) is 31.7. The van der Waals surface area contributed by atoms with Crippen molar-refractivity contribution in [3.05, 3.63) is 57.2 Å². The predicted octanol–water partition coefficient (Wildman–Crippen LogP) is 4.40. The van der Waals surface area contributed by atoms with Gasteiger partial charge in [-0.25, -0.2) is 9.37 Å². The summed E-state index contributed by atoms with van der Waals surface area (Å²) in [5.41, 5.74) is 0.246. The third-order valence-electron chi connectivity index (χ3n) is 4.03. The van der Waals surface area contributed by atoms with Gasteiger partial charge < -0.3 is 4.90 Å². The van der Waals surface area contributed by atoms with Gasteiger partial charge in [0.25, 0.3) is 5.91 Å². The zero-order valence-electron chi connectivity index (χ0n) is 15.9. The Bertz CT molecular complexity index is 1060. The molecule has 0 fully saturated rings. The van der Waals surface area contributed by atoms with Gasteiger partial charge in [0.2, 0.25) is 0 Å². The zero-order chi connectivity index (χ0) is 21.0. The number of nitrogens with zero attached hydrogens (tertiary/aromatic N) is 4. The van der Waals surface area contributed by atoms with Crippen LogP contribution in [-0.4, -0.2) is 47.9 Å². The summed E-state index contributed by atoms with van der Waals surface area (Å²) in [6.07, 6.45) is 3.63. The quantitative estimate of drug-likeness (QED) is 0.298. The maximum Gasteiger partial charge on any atom is 0.324 e. The molecule has 0 atom stereocenters. The number of hydrogen-bond acceptors (Lipinski definition) is 7. The number of benzene rings is 1. The van der Waals surface area contributed by atoms with Crippen LogP contribution in [0.4, 0.5) is 14.5 Å². The van der Waals surface area contributed by atoms with Crippen molar-refractivity contribution in [2.75, 3.05) is 32.1 Å². The SMILES string of the molecule is CN(C)CCCN(C(=O)/C=C/c1ccc([N+](=O)[O-])s1)c1nc2c(F)cccc2s1. The van der Waals surface area contributed by atoms with Crippen LogP contribution in [0.5, 0.6) is 0 Å². The van der Waals surface area contributed by atoms with Crippen LogP contribution in [0.2, 0.25) is 0 Å². The van der Waals surface area contributed by atoms with Crippen molar-refractivity contribution in [3.8, 4) is 0 Å². The number of fused-ring (bicyclic) bond motifs is 1. The molecule has 0 aliphatic heterocycles. The lowest BCUT2D eigenvalue weighted by molar-refractivity contribution is -0.380. The van der Waals surface area contributed by atoms with Crippen LogP contribution in [-0.2, 0) is 4.79 Å². The minimum atomic E-state index is -0.465. The molecule has 0 saturated heterocycles. The third kappa shape index (κ3) is 5.22. The van der Waals surface area contributed by atoms with E-state index in [1.807, 2.05) is 19.0 Å². The molecule has 3 aromatic rings. The van der Waals surface area contributed by atoms with Crippen LogP contribution in [0.1, 0.15) is 11.3 Å². The lowest BCUT2D eigenvalue weighted by Crippen LogP contribution is -2.32. The average Bonchev–Trinajstić information content (AvgIpc) is 3.31. The Morgan fingerprint density at radius 3 is 2.69 bits per heavy atom. The van der Waals surface area contributed by atoms with Crippen molar-refractivity contribution >= 4 is 55.0 Å². The molecule has 1 aromatic carbocycles. The molecule has 0 unspecified atom stereocenters. The molecule has 7 nitrogen and oxygen atoms in total. The van der Waals surface area contributed by atoms with E-state index in [1.165, 1.54) is 34.4 Å². The smallest absolute Gasteiger partial charge is 0.309 e. The minimum Gasteiger partial charge on any atom is -0.309 e. The first-order valence-corrected chi connectivity index (χ1v) is 10.4. The number of carbonyl (C=O) groups is 1. The van der Waals surface area contributed by atoms with E-state index in [4.69, 9.17) is 0 Å². The number of aromatic nitrogens is 1. The number of rotatable bonds is 8. The second kappa shape index (κ2) is 9.21. The molecule has 0 saturated carbocycles. The Balaban J connectivity index is 1.84. The van der Waals surface area contributed by atoms with E-state index in [0.29, 0.717) is 21.3 Å². The molecular weight excluding hydrogens is 415 g/mol. The zero-order valence-corrected chi connectivity index (χ0v) is 17.5. The predicted molar refractivity (Wildman–Crippen MR) is 115 cm³/mol. The molecule has 0 spiro atoms. The van der Waals surface area contributed by atoms with Crippen molar-refractivity contribution in [3.63, 3.8) is 0 Å². The Kier molecular flexibility index (Phi) is 6.68. The second-order valence-electron chi connectivity index (χ2n) is 6.50. The topological polar surface area (TPSA) is 79.6 Å². The molecule has 10 heteroatoms. The fourth-order valence-corrected chi connectivity index (χ4v) is 4.37. The molecule has 0 N–H and O–H groups in total. The van der Waals surface area contributed by atoms with Crippen molar-refractivity contribution in [2.24, 2.45) is 0 Å².